The lowest BCUT2D eigenvalue weighted by atomic mass is 10.1. The minimum absolute atomic E-state index is 0.0235. The van der Waals surface area contributed by atoms with Gasteiger partial charge in [0.25, 0.3) is 11.5 Å². The number of carbonyl (C=O) groups excluding carboxylic acids is 1. The number of hydrogen-bond acceptors (Lipinski definition) is 3. The Morgan fingerprint density at radius 2 is 1.75 bits per heavy atom. The fourth-order valence-corrected chi connectivity index (χ4v) is 3.74. The van der Waals surface area contributed by atoms with Crippen molar-refractivity contribution in [1.29, 1.82) is 0 Å². The van der Waals surface area contributed by atoms with Crippen LogP contribution in [0.1, 0.15) is 21.5 Å². The molecule has 1 amide bonds. The maximum atomic E-state index is 12.6. The molecule has 1 N–H and O–H groups in total. The number of carbonyl (C=O) groups is 1. The third-order valence-electron chi connectivity index (χ3n) is 5.22. The number of aryl methyl sites for hydroxylation is 1. The van der Waals surface area contributed by atoms with Crippen LogP contribution in [0.25, 0.3) is 10.9 Å². The van der Waals surface area contributed by atoms with Gasteiger partial charge in [-0.1, -0.05) is 23.2 Å². The summed E-state index contributed by atoms with van der Waals surface area (Å²) < 4.78 is 0. The lowest BCUT2D eigenvalue weighted by Crippen LogP contribution is -2.48. The second-order valence-electron chi connectivity index (χ2n) is 7.29. The quantitative estimate of drug-likeness (QED) is 0.739. The van der Waals surface area contributed by atoms with Gasteiger partial charge in [-0.05, 0) is 54.8 Å². The van der Waals surface area contributed by atoms with E-state index in [1.807, 2.05) is 30.0 Å². The first-order chi connectivity index (χ1) is 13.5. The molecule has 6 heteroatoms. The number of piperazine rings is 1. The van der Waals surface area contributed by atoms with E-state index in [2.05, 4.69) is 16.0 Å². The number of nitrogens with zero attached hydrogens (tertiary/aromatic N) is 2. The van der Waals surface area contributed by atoms with Crippen molar-refractivity contribution in [3.63, 3.8) is 0 Å². The number of aromatic amines is 1. The van der Waals surface area contributed by atoms with Crippen LogP contribution < -0.4 is 5.56 Å². The van der Waals surface area contributed by atoms with Crippen molar-refractivity contribution in [1.82, 2.24) is 14.8 Å². The molecule has 144 valence electrons. The molecular formula is C22H22ClN3O2. The molecule has 1 aliphatic heterocycles. The Morgan fingerprint density at radius 3 is 2.46 bits per heavy atom. The van der Waals surface area contributed by atoms with Crippen LogP contribution in [0.2, 0.25) is 5.02 Å². The zero-order valence-electron chi connectivity index (χ0n) is 15.7. The predicted molar refractivity (Wildman–Crippen MR) is 112 cm³/mol. The maximum absolute atomic E-state index is 12.6. The summed E-state index contributed by atoms with van der Waals surface area (Å²) >= 11 is 5.90. The van der Waals surface area contributed by atoms with Crippen molar-refractivity contribution in [3.05, 3.63) is 80.6 Å². The minimum atomic E-state index is -0.0453. The Kier molecular flexibility index (Phi) is 5.20. The number of aromatic nitrogens is 1. The van der Waals surface area contributed by atoms with E-state index in [0.29, 0.717) is 30.2 Å². The van der Waals surface area contributed by atoms with E-state index in [9.17, 15) is 9.59 Å². The Labute approximate surface area is 168 Å². The Balaban J connectivity index is 1.42. The van der Waals surface area contributed by atoms with Crippen molar-refractivity contribution < 1.29 is 4.79 Å². The van der Waals surface area contributed by atoms with Crippen LogP contribution in [0.4, 0.5) is 0 Å². The van der Waals surface area contributed by atoms with Crippen LogP contribution in [-0.4, -0.2) is 46.9 Å². The summed E-state index contributed by atoms with van der Waals surface area (Å²) in [4.78, 5) is 32.1. The molecule has 1 saturated heterocycles. The third-order valence-corrected chi connectivity index (χ3v) is 5.47. The normalized spacial score (nSPS) is 15.1. The zero-order valence-corrected chi connectivity index (χ0v) is 16.5. The van der Waals surface area contributed by atoms with Crippen LogP contribution >= 0.6 is 11.6 Å². The van der Waals surface area contributed by atoms with Crippen molar-refractivity contribution in [2.45, 2.75) is 13.5 Å². The van der Waals surface area contributed by atoms with E-state index in [1.165, 1.54) is 5.56 Å². The molecule has 4 rings (SSSR count). The van der Waals surface area contributed by atoms with Crippen LogP contribution in [0.3, 0.4) is 0 Å². The zero-order chi connectivity index (χ0) is 19.7. The van der Waals surface area contributed by atoms with Gasteiger partial charge in [0.05, 0.1) is 0 Å². The Morgan fingerprint density at radius 1 is 1.04 bits per heavy atom. The molecule has 2 heterocycles. The minimum Gasteiger partial charge on any atom is -0.336 e. The Bertz CT molecular complexity index is 1070. The van der Waals surface area contributed by atoms with Crippen molar-refractivity contribution >= 4 is 28.4 Å². The van der Waals surface area contributed by atoms with Gasteiger partial charge in [0.1, 0.15) is 0 Å². The third kappa shape index (κ3) is 3.96. The fraction of sp³-hybridized carbons (Fsp3) is 0.273. The van der Waals surface area contributed by atoms with Gasteiger partial charge in [-0.25, -0.2) is 0 Å². The van der Waals surface area contributed by atoms with Crippen molar-refractivity contribution in [2.24, 2.45) is 0 Å². The number of pyridine rings is 1. The molecule has 0 atom stereocenters. The fourth-order valence-electron chi connectivity index (χ4n) is 3.61. The number of halogens is 1. The Hall–Kier alpha value is -2.63. The summed E-state index contributed by atoms with van der Waals surface area (Å²) in [7, 11) is 0. The largest absolute Gasteiger partial charge is 0.336 e. The van der Waals surface area contributed by atoms with Gasteiger partial charge in [0, 0.05) is 54.4 Å². The molecule has 28 heavy (non-hydrogen) atoms. The number of hydrogen-bond donors (Lipinski definition) is 1. The van der Waals surface area contributed by atoms with Crippen LogP contribution in [0.15, 0.2) is 53.3 Å². The number of H-pyrrole nitrogens is 1. The number of rotatable bonds is 3. The SMILES string of the molecule is Cc1ccc2[nH]c(=O)c(CN3CCN(C(=O)c4ccc(Cl)cc4)CC3)cc2c1. The van der Waals surface area contributed by atoms with Crippen molar-refractivity contribution in [2.75, 3.05) is 26.2 Å². The molecule has 1 aromatic heterocycles. The first-order valence-electron chi connectivity index (χ1n) is 9.39. The molecule has 5 nitrogen and oxygen atoms in total. The first-order valence-corrected chi connectivity index (χ1v) is 9.77. The molecule has 0 saturated carbocycles. The highest BCUT2D eigenvalue weighted by atomic mass is 35.5. The highest BCUT2D eigenvalue weighted by Gasteiger charge is 2.22. The smallest absolute Gasteiger partial charge is 0.253 e. The number of amides is 1. The summed E-state index contributed by atoms with van der Waals surface area (Å²) in [5.74, 6) is 0.0235. The second kappa shape index (κ2) is 7.78. The van der Waals surface area contributed by atoms with Gasteiger partial charge in [0.2, 0.25) is 0 Å². The number of nitrogens with one attached hydrogen (secondary N) is 1. The summed E-state index contributed by atoms with van der Waals surface area (Å²) in [5.41, 5.74) is 3.39. The summed E-state index contributed by atoms with van der Waals surface area (Å²) in [6, 6.07) is 15.0. The second-order valence-corrected chi connectivity index (χ2v) is 7.73. The van der Waals surface area contributed by atoms with E-state index < -0.39 is 0 Å². The van der Waals surface area contributed by atoms with Gasteiger partial charge < -0.3 is 9.88 Å². The van der Waals surface area contributed by atoms with Crippen LogP contribution in [-0.2, 0) is 6.54 Å². The van der Waals surface area contributed by atoms with Gasteiger partial charge in [-0.3, -0.25) is 14.5 Å². The summed E-state index contributed by atoms with van der Waals surface area (Å²) in [5, 5.41) is 1.67. The van der Waals surface area contributed by atoms with E-state index in [4.69, 9.17) is 11.6 Å². The number of benzene rings is 2. The van der Waals surface area contributed by atoms with Crippen molar-refractivity contribution in [3.8, 4) is 0 Å². The summed E-state index contributed by atoms with van der Waals surface area (Å²) in [6.45, 7) is 5.40. The van der Waals surface area contributed by atoms with Crippen LogP contribution in [0, 0.1) is 6.92 Å². The molecule has 0 aliphatic carbocycles. The molecule has 0 unspecified atom stereocenters. The molecule has 0 radical (unpaired) electrons. The van der Waals surface area contributed by atoms with E-state index in [-0.39, 0.29) is 11.5 Å². The lowest BCUT2D eigenvalue weighted by molar-refractivity contribution is 0.0628. The van der Waals surface area contributed by atoms with E-state index in [0.717, 1.165) is 29.6 Å². The highest BCUT2D eigenvalue weighted by Crippen LogP contribution is 2.16. The predicted octanol–water partition coefficient (Wildman–Crippen LogP) is 3.45. The first kappa shape index (κ1) is 18.7. The average molecular weight is 396 g/mol. The number of fused-ring (bicyclic) bond motifs is 1. The van der Waals surface area contributed by atoms with Gasteiger partial charge in [-0.15, -0.1) is 0 Å². The molecule has 1 aliphatic rings. The molecular weight excluding hydrogens is 374 g/mol. The summed E-state index contributed by atoms with van der Waals surface area (Å²) in [6.07, 6.45) is 0. The lowest BCUT2D eigenvalue weighted by Gasteiger charge is -2.34. The standard InChI is InChI=1S/C22H22ClN3O2/c1-15-2-7-20-17(12-15)13-18(21(27)24-20)14-25-8-10-26(11-9-25)22(28)16-3-5-19(23)6-4-16/h2-7,12-13H,8-11,14H2,1H3,(H,24,27). The molecule has 0 spiro atoms. The van der Waals surface area contributed by atoms with Crippen LogP contribution in [0.5, 0.6) is 0 Å². The monoisotopic (exact) mass is 395 g/mol. The van der Waals surface area contributed by atoms with Gasteiger partial charge in [-0.2, -0.15) is 0 Å². The molecule has 3 aromatic rings. The molecule has 2 aromatic carbocycles. The molecule has 1 fully saturated rings. The highest BCUT2D eigenvalue weighted by molar-refractivity contribution is 6.30. The topological polar surface area (TPSA) is 56.4 Å². The maximum Gasteiger partial charge on any atom is 0.253 e. The van der Waals surface area contributed by atoms with E-state index >= 15 is 0 Å². The average Bonchev–Trinajstić information content (AvgIpc) is 2.69. The van der Waals surface area contributed by atoms with E-state index in [1.54, 1.807) is 24.3 Å². The van der Waals surface area contributed by atoms with Gasteiger partial charge in [0.15, 0.2) is 0 Å². The molecule has 0 bridgehead atoms. The van der Waals surface area contributed by atoms with Gasteiger partial charge >= 0.3 is 0 Å².